The summed E-state index contributed by atoms with van der Waals surface area (Å²) in [5.74, 6) is 0.734. The number of hydrogen-bond acceptors (Lipinski definition) is 4. The van der Waals surface area contributed by atoms with Crippen molar-refractivity contribution >= 4 is 5.91 Å². The van der Waals surface area contributed by atoms with Crippen molar-refractivity contribution in [2.24, 2.45) is 5.92 Å². The van der Waals surface area contributed by atoms with Crippen LogP contribution in [0.5, 0.6) is 0 Å². The third kappa shape index (κ3) is 4.64. The summed E-state index contributed by atoms with van der Waals surface area (Å²) < 4.78 is 2.10. The molecule has 0 aromatic carbocycles. The molecule has 0 N–H and O–H groups in total. The zero-order valence-corrected chi connectivity index (χ0v) is 14.2. The van der Waals surface area contributed by atoms with Crippen LogP contribution in [0.15, 0.2) is 43.2 Å². The number of aromatic nitrogens is 3. The van der Waals surface area contributed by atoms with Gasteiger partial charge in [0.15, 0.2) is 0 Å². The summed E-state index contributed by atoms with van der Waals surface area (Å²) in [5.41, 5.74) is 1.13. The smallest absolute Gasteiger partial charge is 0.236 e. The van der Waals surface area contributed by atoms with Gasteiger partial charge in [0.05, 0.1) is 12.9 Å². The van der Waals surface area contributed by atoms with Crippen molar-refractivity contribution in [3.05, 3.63) is 48.8 Å². The third-order valence-electron chi connectivity index (χ3n) is 4.48. The summed E-state index contributed by atoms with van der Waals surface area (Å²) in [5, 5.41) is 0. The molecule has 1 atom stereocenters. The second-order valence-corrected chi connectivity index (χ2v) is 6.64. The highest BCUT2D eigenvalue weighted by molar-refractivity contribution is 5.78. The fourth-order valence-corrected chi connectivity index (χ4v) is 3.32. The quantitative estimate of drug-likeness (QED) is 0.809. The lowest BCUT2D eigenvalue weighted by Crippen LogP contribution is -2.45. The van der Waals surface area contributed by atoms with Gasteiger partial charge in [0.1, 0.15) is 0 Å². The van der Waals surface area contributed by atoms with Crippen LogP contribution in [0.1, 0.15) is 18.4 Å². The summed E-state index contributed by atoms with van der Waals surface area (Å²) in [7, 11) is 1.98. The first-order chi connectivity index (χ1) is 11.7. The molecule has 128 valence electrons. The molecular weight excluding hydrogens is 302 g/mol. The SMILES string of the molecule is CN(CC(=O)N1CCC[C@H](Cn2ccnc2)C1)Cc1cccnc1. The molecule has 1 amide bonds. The number of carbonyl (C=O) groups excluding carboxylic acids is 1. The number of likely N-dealkylation sites (tertiary alicyclic amines) is 1. The van der Waals surface area contributed by atoms with Gasteiger partial charge in [0.2, 0.25) is 5.91 Å². The fraction of sp³-hybridized carbons (Fsp3) is 0.500. The van der Waals surface area contributed by atoms with Crippen molar-refractivity contribution in [3.63, 3.8) is 0 Å². The van der Waals surface area contributed by atoms with E-state index in [4.69, 9.17) is 0 Å². The molecule has 0 aliphatic carbocycles. The fourth-order valence-electron chi connectivity index (χ4n) is 3.32. The van der Waals surface area contributed by atoms with Crippen LogP contribution in [0.4, 0.5) is 0 Å². The molecule has 0 saturated carbocycles. The summed E-state index contributed by atoms with van der Waals surface area (Å²) >= 11 is 0. The third-order valence-corrected chi connectivity index (χ3v) is 4.48. The lowest BCUT2D eigenvalue weighted by Gasteiger charge is -2.34. The van der Waals surface area contributed by atoms with Gasteiger partial charge in [-0.15, -0.1) is 0 Å². The van der Waals surface area contributed by atoms with Crippen LogP contribution in [-0.2, 0) is 17.9 Å². The second kappa shape index (κ2) is 8.06. The van der Waals surface area contributed by atoms with Crippen LogP contribution in [-0.4, -0.2) is 56.9 Å². The number of nitrogens with zero attached hydrogens (tertiary/aromatic N) is 5. The van der Waals surface area contributed by atoms with Crippen LogP contribution in [0.2, 0.25) is 0 Å². The zero-order chi connectivity index (χ0) is 16.8. The maximum atomic E-state index is 12.6. The summed E-state index contributed by atoms with van der Waals surface area (Å²) in [6, 6.07) is 3.96. The molecule has 0 bridgehead atoms. The number of pyridine rings is 1. The molecule has 3 heterocycles. The highest BCUT2D eigenvalue weighted by Crippen LogP contribution is 2.18. The molecule has 1 saturated heterocycles. The van der Waals surface area contributed by atoms with E-state index in [9.17, 15) is 4.79 Å². The summed E-state index contributed by atoms with van der Waals surface area (Å²) in [6.45, 7) is 3.85. The highest BCUT2D eigenvalue weighted by Gasteiger charge is 2.24. The van der Waals surface area contributed by atoms with Crippen LogP contribution in [0.3, 0.4) is 0 Å². The van der Waals surface area contributed by atoms with Gasteiger partial charge in [-0.2, -0.15) is 0 Å². The molecule has 6 heteroatoms. The van der Waals surface area contributed by atoms with E-state index >= 15 is 0 Å². The van der Waals surface area contributed by atoms with E-state index in [2.05, 4.69) is 19.4 Å². The van der Waals surface area contributed by atoms with E-state index in [1.165, 1.54) is 6.42 Å². The molecule has 1 fully saturated rings. The Labute approximate surface area is 143 Å². The molecule has 2 aromatic heterocycles. The maximum Gasteiger partial charge on any atom is 0.236 e. The van der Waals surface area contributed by atoms with Crippen LogP contribution < -0.4 is 0 Å². The van der Waals surface area contributed by atoms with Gasteiger partial charge in [-0.05, 0) is 37.4 Å². The van der Waals surface area contributed by atoms with E-state index in [1.54, 1.807) is 12.4 Å². The Kier molecular flexibility index (Phi) is 5.59. The highest BCUT2D eigenvalue weighted by atomic mass is 16.2. The van der Waals surface area contributed by atoms with Gasteiger partial charge in [-0.1, -0.05) is 6.07 Å². The Balaban J connectivity index is 1.48. The molecule has 3 rings (SSSR count). The van der Waals surface area contributed by atoms with Crippen molar-refractivity contribution in [1.82, 2.24) is 24.3 Å². The number of hydrogen-bond donors (Lipinski definition) is 0. The van der Waals surface area contributed by atoms with Gasteiger partial charge in [-0.25, -0.2) is 4.98 Å². The minimum Gasteiger partial charge on any atom is -0.341 e. The van der Waals surface area contributed by atoms with Gasteiger partial charge in [-0.3, -0.25) is 14.7 Å². The normalized spacial score (nSPS) is 18.1. The topological polar surface area (TPSA) is 54.3 Å². The van der Waals surface area contributed by atoms with E-state index < -0.39 is 0 Å². The van der Waals surface area contributed by atoms with Gasteiger partial charge >= 0.3 is 0 Å². The zero-order valence-electron chi connectivity index (χ0n) is 14.2. The van der Waals surface area contributed by atoms with Gasteiger partial charge < -0.3 is 9.47 Å². The molecule has 0 unspecified atom stereocenters. The monoisotopic (exact) mass is 327 g/mol. The minimum absolute atomic E-state index is 0.219. The Bertz CT molecular complexity index is 628. The van der Waals surface area contributed by atoms with Crippen LogP contribution >= 0.6 is 0 Å². The van der Waals surface area contributed by atoms with Crippen molar-refractivity contribution in [3.8, 4) is 0 Å². The first-order valence-electron chi connectivity index (χ1n) is 8.51. The number of piperidine rings is 1. The lowest BCUT2D eigenvalue weighted by atomic mass is 9.98. The van der Waals surface area contributed by atoms with E-state index in [0.717, 1.165) is 38.2 Å². The van der Waals surface area contributed by atoms with E-state index in [0.29, 0.717) is 12.5 Å². The number of likely N-dealkylation sites (N-methyl/N-ethyl adjacent to an activating group) is 1. The first kappa shape index (κ1) is 16.6. The molecule has 0 spiro atoms. The molecule has 6 nitrogen and oxygen atoms in total. The predicted molar refractivity (Wildman–Crippen MR) is 92.1 cm³/mol. The van der Waals surface area contributed by atoms with Crippen LogP contribution in [0, 0.1) is 5.92 Å². The van der Waals surface area contributed by atoms with Crippen molar-refractivity contribution in [1.29, 1.82) is 0 Å². The van der Waals surface area contributed by atoms with Crippen LogP contribution in [0.25, 0.3) is 0 Å². The van der Waals surface area contributed by atoms with E-state index in [1.807, 2.05) is 42.8 Å². The Morgan fingerprint density at radius 1 is 1.38 bits per heavy atom. The van der Waals surface area contributed by atoms with E-state index in [-0.39, 0.29) is 5.91 Å². The van der Waals surface area contributed by atoms with Crippen molar-refractivity contribution < 1.29 is 4.79 Å². The molecule has 1 aliphatic rings. The summed E-state index contributed by atoms with van der Waals surface area (Å²) in [6.07, 6.45) is 11.5. The van der Waals surface area contributed by atoms with Gasteiger partial charge in [0.25, 0.3) is 0 Å². The standard InChI is InChI=1S/C18H25N5O/c1-21(11-16-4-2-6-19-10-16)14-18(24)23-8-3-5-17(13-23)12-22-9-7-20-15-22/h2,4,6-7,9-10,15,17H,3,5,8,11-14H2,1H3/t17-/m1/s1. The Morgan fingerprint density at radius 2 is 2.29 bits per heavy atom. The minimum atomic E-state index is 0.219. The lowest BCUT2D eigenvalue weighted by molar-refractivity contribution is -0.134. The number of amides is 1. The Morgan fingerprint density at radius 3 is 3.04 bits per heavy atom. The maximum absolute atomic E-state index is 12.6. The predicted octanol–water partition coefficient (Wildman–Crippen LogP) is 1.65. The van der Waals surface area contributed by atoms with Crippen molar-refractivity contribution in [2.75, 3.05) is 26.7 Å². The van der Waals surface area contributed by atoms with Crippen molar-refractivity contribution in [2.45, 2.75) is 25.9 Å². The molecular formula is C18H25N5O. The number of rotatable bonds is 6. The molecule has 0 radical (unpaired) electrons. The Hall–Kier alpha value is -2.21. The average molecular weight is 327 g/mol. The first-order valence-corrected chi connectivity index (χ1v) is 8.51. The van der Waals surface area contributed by atoms with Gasteiger partial charge in [0, 0.05) is 51.0 Å². The molecule has 2 aromatic rings. The number of imidazole rings is 1. The molecule has 1 aliphatic heterocycles. The largest absolute Gasteiger partial charge is 0.341 e. The number of carbonyl (C=O) groups is 1. The molecule has 24 heavy (non-hydrogen) atoms. The second-order valence-electron chi connectivity index (χ2n) is 6.64. The average Bonchev–Trinajstić information content (AvgIpc) is 3.09. The summed E-state index contributed by atoms with van der Waals surface area (Å²) in [4.78, 5) is 24.9.